The molecule has 0 atom stereocenters. The van der Waals surface area contributed by atoms with E-state index in [-0.39, 0.29) is 12.3 Å². The summed E-state index contributed by atoms with van der Waals surface area (Å²) < 4.78 is 1.68. The summed E-state index contributed by atoms with van der Waals surface area (Å²) in [6.45, 7) is 0.269. The molecule has 0 saturated heterocycles. The molecule has 78 valence electrons. The van der Waals surface area contributed by atoms with Crippen molar-refractivity contribution in [3.05, 3.63) is 29.4 Å². The summed E-state index contributed by atoms with van der Waals surface area (Å²) in [6, 6.07) is 0. The van der Waals surface area contributed by atoms with E-state index in [1.54, 1.807) is 23.8 Å². The van der Waals surface area contributed by atoms with E-state index in [0.717, 1.165) is 0 Å². The number of likely N-dealkylation sites (N-methyl/N-ethyl adjacent to an activating group) is 1. The third kappa shape index (κ3) is 1.98. The van der Waals surface area contributed by atoms with Crippen molar-refractivity contribution >= 4 is 23.0 Å². The molecule has 15 heavy (non-hydrogen) atoms. The number of rotatable bonds is 3. The van der Waals surface area contributed by atoms with E-state index in [0.29, 0.717) is 16.5 Å². The van der Waals surface area contributed by atoms with Crippen LogP contribution in [-0.4, -0.2) is 33.7 Å². The lowest BCUT2D eigenvalue weighted by Gasteiger charge is -1.92. The van der Waals surface area contributed by atoms with Crippen molar-refractivity contribution in [2.45, 2.75) is 0 Å². The van der Waals surface area contributed by atoms with Gasteiger partial charge in [0.15, 0.2) is 11.4 Å². The minimum atomic E-state index is -0.0580. The molecule has 1 N–H and O–H groups in total. The third-order valence-electron chi connectivity index (χ3n) is 1.93. The second-order valence-corrected chi connectivity index (χ2v) is 3.44. The molecule has 6 heteroatoms. The van der Waals surface area contributed by atoms with Gasteiger partial charge in [0.25, 0.3) is 0 Å². The van der Waals surface area contributed by atoms with Gasteiger partial charge in [-0.3, -0.25) is 4.79 Å². The zero-order chi connectivity index (χ0) is 10.8. The van der Waals surface area contributed by atoms with E-state index in [1.165, 1.54) is 6.20 Å². The van der Waals surface area contributed by atoms with E-state index in [4.69, 9.17) is 11.6 Å². The highest BCUT2D eigenvalue weighted by Gasteiger charge is 2.09. The van der Waals surface area contributed by atoms with Gasteiger partial charge in [-0.05, 0) is 7.05 Å². The van der Waals surface area contributed by atoms with Gasteiger partial charge in [0.2, 0.25) is 0 Å². The quantitative estimate of drug-likeness (QED) is 0.783. The van der Waals surface area contributed by atoms with Gasteiger partial charge in [0, 0.05) is 12.4 Å². The minimum absolute atomic E-state index is 0.0580. The van der Waals surface area contributed by atoms with Gasteiger partial charge in [-0.1, -0.05) is 11.6 Å². The maximum absolute atomic E-state index is 11.5. The molecular weight excluding hydrogens is 216 g/mol. The van der Waals surface area contributed by atoms with Gasteiger partial charge in [0.1, 0.15) is 10.8 Å². The Morgan fingerprint density at radius 2 is 2.40 bits per heavy atom. The Labute approximate surface area is 91.1 Å². The van der Waals surface area contributed by atoms with Crippen LogP contribution in [0.3, 0.4) is 0 Å². The van der Waals surface area contributed by atoms with Crippen molar-refractivity contribution in [2.75, 3.05) is 13.6 Å². The number of carbonyl (C=O) groups is 1. The second kappa shape index (κ2) is 3.96. The average Bonchev–Trinajstić information content (AvgIpc) is 2.60. The summed E-state index contributed by atoms with van der Waals surface area (Å²) in [7, 11) is 1.71. The summed E-state index contributed by atoms with van der Waals surface area (Å²) in [5.41, 5.74) is 1.02. The molecule has 0 aliphatic rings. The van der Waals surface area contributed by atoms with Crippen LogP contribution in [0, 0.1) is 0 Å². The maximum Gasteiger partial charge on any atom is 0.196 e. The molecule has 0 aliphatic carbocycles. The molecule has 0 bridgehead atoms. The molecule has 2 heterocycles. The van der Waals surface area contributed by atoms with Crippen LogP contribution in [0.5, 0.6) is 0 Å². The minimum Gasteiger partial charge on any atom is -0.313 e. The van der Waals surface area contributed by atoms with E-state index in [1.807, 2.05) is 0 Å². The number of aromatic nitrogens is 3. The lowest BCUT2D eigenvalue weighted by molar-refractivity contribution is 0.0989. The maximum atomic E-state index is 11.5. The van der Waals surface area contributed by atoms with Crippen LogP contribution in [0.1, 0.15) is 10.5 Å². The first-order valence-corrected chi connectivity index (χ1v) is 4.76. The van der Waals surface area contributed by atoms with Crippen LogP contribution in [0.25, 0.3) is 5.65 Å². The monoisotopic (exact) mass is 224 g/mol. The Morgan fingerprint density at radius 1 is 1.60 bits per heavy atom. The van der Waals surface area contributed by atoms with Gasteiger partial charge < -0.3 is 9.72 Å². The Morgan fingerprint density at radius 3 is 3.13 bits per heavy atom. The Bertz CT molecular complexity index is 508. The summed E-state index contributed by atoms with van der Waals surface area (Å²) in [5, 5.41) is 3.15. The van der Waals surface area contributed by atoms with Crippen molar-refractivity contribution in [1.29, 1.82) is 0 Å². The van der Waals surface area contributed by atoms with E-state index in [2.05, 4.69) is 15.3 Å². The number of Topliss-reactive ketones (excluding diaryl/α,β-unsaturated/α-hetero) is 1. The van der Waals surface area contributed by atoms with Gasteiger partial charge in [-0.15, -0.1) is 0 Å². The van der Waals surface area contributed by atoms with Crippen LogP contribution in [0.4, 0.5) is 0 Å². The summed E-state index contributed by atoms with van der Waals surface area (Å²) >= 11 is 5.71. The normalized spacial score (nSPS) is 10.8. The molecule has 5 nitrogen and oxygen atoms in total. The first kappa shape index (κ1) is 10.1. The Kier molecular flexibility index (Phi) is 2.66. The molecule has 2 aromatic rings. The van der Waals surface area contributed by atoms with E-state index < -0.39 is 0 Å². The highest BCUT2D eigenvalue weighted by molar-refractivity contribution is 6.29. The van der Waals surface area contributed by atoms with Gasteiger partial charge in [-0.25, -0.2) is 9.97 Å². The van der Waals surface area contributed by atoms with Crippen molar-refractivity contribution in [2.24, 2.45) is 0 Å². The van der Waals surface area contributed by atoms with E-state index >= 15 is 0 Å². The summed E-state index contributed by atoms with van der Waals surface area (Å²) in [4.78, 5) is 19.5. The molecule has 2 aromatic heterocycles. The first-order valence-electron chi connectivity index (χ1n) is 4.39. The number of ketones is 1. The highest BCUT2D eigenvalue weighted by Crippen LogP contribution is 2.08. The molecule has 0 aliphatic heterocycles. The van der Waals surface area contributed by atoms with Crippen LogP contribution >= 0.6 is 11.6 Å². The van der Waals surface area contributed by atoms with Crippen molar-refractivity contribution in [3.8, 4) is 0 Å². The fourth-order valence-electron chi connectivity index (χ4n) is 1.26. The Balaban J connectivity index is 2.42. The number of hydrogen-bond donors (Lipinski definition) is 1. The average molecular weight is 225 g/mol. The van der Waals surface area contributed by atoms with Gasteiger partial charge >= 0.3 is 0 Å². The molecule has 2 rings (SSSR count). The lowest BCUT2D eigenvalue weighted by Crippen LogP contribution is -2.18. The number of imidazole rings is 1. The highest BCUT2D eigenvalue weighted by atomic mass is 35.5. The molecular formula is C9H9ClN4O. The molecule has 0 saturated carbocycles. The number of hydrogen-bond acceptors (Lipinski definition) is 4. The van der Waals surface area contributed by atoms with E-state index in [9.17, 15) is 4.79 Å². The molecule has 0 fully saturated rings. The van der Waals surface area contributed by atoms with Gasteiger partial charge in [0.05, 0.1) is 12.7 Å². The van der Waals surface area contributed by atoms with Crippen LogP contribution in [-0.2, 0) is 0 Å². The SMILES string of the molecule is CNCC(=O)c1cn2cc(Cl)ncc2n1. The zero-order valence-electron chi connectivity index (χ0n) is 8.07. The number of nitrogens with zero attached hydrogens (tertiary/aromatic N) is 3. The number of fused-ring (bicyclic) bond motifs is 1. The molecule has 0 radical (unpaired) electrons. The van der Waals surface area contributed by atoms with Crippen molar-refractivity contribution in [3.63, 3.8) is 0 Å². The topological polar surface area (TPSA) is 59.3 Å². The lowest BCUT2D eigenvalue weighted by atomic mass is 10.3. The van der Waals surface area contributed by atoms with Crippen molar-refractivity contribution < 1.29 is 4.79 Å². The van der Waals surface area contributed by atoms with Crippen molar-refractivity contribution in [1.82, 2.24) is 19.7 Å². The van der Waals surface area contributed by atoms with Crippen LogP contribution < -0.4 is 5.32 Å². The third-order valence-corrected chi connectivity index (χ3v) is 2.13. The van der Waals surface area contributed by atoms with Crippen LogP contribution in [0.15, 0.2) is 18.6 Å². The first-order chi connectivity index (χ1) is 7.20. The molecule has 0 amide bonds. The fraction of sp³-hybridized carbons (Fsp3) is 0.222. The molecule has 0 aromatic carbocycles. The van der Waals surface area contributed by atoms with Crippen LogP contribution in [0.2, 0.25) is 5.15 Å². The largest absolute Gasteiger partial charge is 0.313 e. The summed E-state index contributed by atoms with van der Waals surface area (Å²) in [5.74, 6) is -0.0580. The van der Waals surface area contributed by atoms with Gasteiger partial charge in [-0.2, -0.15) is 0 Å². The Hall–Kier alpha value is -1.46. The molecule has 0 unspecified atom stereocenters. The number of carbonyl (C=O) groups excluding carboxylic acids is 1. The number of nitrogens with one attached hydrogen (secondary N) is 1. The number of halogens is 1. The molecule has 0 spiro atoms. The standard InChI is InChI=1S/C9H9ClN4O/c1-11-2-7(15)6-4-14-5-8(10)12-3-9(14)13-6/h3-5,11H,2H2,1H3. The fourth-order valence-corrected chi connectivity index (χ4v) is 1.41. The second-order valence-electron chi connectivity index (χ2n) is 3.06. The zero-order valence-corrected chi connectivity index (χ0v) is 8.82. The predicted octanol–water partition coefficient (Wildman–Crippen LogP) is 0.785. The smallest absolute Gasteiger partial charge is 0.196 e. The summed E-state index contributed by atoms with van der Waals surface area (Å²) in [6.07, 6.45) is 4.78. The predicted molar refractivity (Wildman–Crippen MR) is 56.3 cm³/mol.